The minimum atomic E-state index is -5.26. The molecule has 0 aliphatic heterocycles. The molecule has 0 bridgehead atoms. The molecule has 0 N–H and O–H groups in total. The quantitative estimate of drug-likeness (QED) is 0.0910. The van der Waals surface area contributed by atoms with E-state index in [0.29, 0.717) is 0 Å². The van der Waals surface area contributed by atoms with Crippen LogP contribution in [-0.2, 0) is 10.1 Å². The zero-order valence-corrected chi connectivity index (χ0v) is 22.6. The molecule has 5 aromatic rings. The minimum absolute atomic E-state index is 0.00163. The van der Waals surface area contributed by atoms with E-state index in [-0.39, 0.29) is 39.2 Å². The largest absolute Gasteiger partial charge is 0.495 e. The van der Waals surface area contributed by atoms with Gasteiger partial charge in [0.2, 0.25) is 34.8 Å². The second-order valence-electron chi connectivity index (χ2n) is 9.12. The second kappa shape index (κ2) is 10.8. The summed E-state index contributed by atoms with van der Waals surface area (Å²) in [6.07, 6.45) is 0. The first kappa shape index (κ1) is 29.6. The molecule has 0 spiro atoms. The summed E-state index contributed by atoms with van der Waals surface area (Å²) in [7, 11) is -3.97. The molecule has 14 heteroatoms. The molecule has 5 rings (SSSR count). The lowest BCUT2D eigenvalue weighted by Gasteiger charge is -2.19. The molecule has 0 radical (unpaired) electrons. The van der Waals surface area contributed by atoms with E-state index < -0.39 is 66.9 Å². The van der Waals surface area contributed by atoms with Gasteiger partial charge in [-0.25, -0.2) is 22.0 Å². The topological polar surface area (TPSA) is 74.6 Å². The number of nitrogens with zero attached hydrogens (tertiary/aromatic N) is 1. The van der Waals surface area contributed by atoms with Crippen LogP contribution in [0.5, 0.6) is 11.5 Å². The van der Waals surface area contributed by atoms with Crippen LogP contribution in [0, 0.1) is 47.6 Å². The Hall–Kier alpha value is -4.85. The Kier molecular flexibility index (Phi) is 7.42. The molecule has 1 heterocycles. The van der Waals surface area contributed by atoms with Crippen LogP contribution in [0.3, 0.4) is 0 Å². The Balaban J connectivity index is 1.66. The molecule has 0 amide bonds. The van der Waals surface area contributed by atoms with Gasteiger partial charge in [0.25, 0.3) is 0 Å². The van der Waals surface area contributed by atoms with Crippen molar-refractivity contribution < 1.29 is 48.1 Å². The predicted molar refractivity (Wildman–Crippen MR) is 140 cm³/mol. The molecular weight excluding hydrogens is 607 g/mol. The van der Waals surface area contributed by atoms with Crippen LogP contribution in [-0.4, -0.2) is 20.1 Å². The van der Waals surface area contributed by atoms with Crippen molar-refractivity contribution >= 4 is 21.0 Å². The molecule has 4 aromatic carbocycles. The lowest BCUT2D eigenvalue weighted by molar-refractivity contribution is 0.346. The Morgan fingerprint density at radius 1 is 0.767 bits per heavy atom. The maximum Gasteiger partial charge on any atom is 0.339 e. The fraction of sp³-hybridized carbons (Fsp3) is 0.0690. The average Bonchev–Trinajstić information content (AvgIpc) is 2.97. The molecule has 0 atom stereocenters. The number of methoxy groups -OCH3 is 1. The van der Waals surface area contributed by atoms with Gasteiger partial charge >= 0.3 is 10.1 Å². The van der Waals surface area contributed by atoms with Crippen LogP contribution >= 0.6 is 0 Å². The van der Waals surface area contributed by atoms with Crippen LogP contribution < -0.4 is 14.3 Å². The summed E-state index contributed by atoms with van der Waals surface area (Å²) in [5.74, 6) is -15.8. The van der Waals surface area contributed by atoms with E-state index in [0.717, 1.165) is 36.4 Å². The Morgan fingerprint density at radius 3 is 2.05 bits per heavy atom. The minimum Gasteiger partial charge on any atom is -0.495 e. The van der Waals surface area contributed by atoms with Gasteiger partial charge in [-0.2, -0.15) is 17.2 Å². The summed E-state index contributed by atoms with van der Waals surface area (Å²) < 4.78 is 135. The predicted octanol–water partition coefficient (Wildman–Crippen LogP) is 6.72. The molecule has 0 aliphatic carbocycles. The number of hydrogen-bond acceptors (Lipinski definition) is 5. The van der Waals surface area contributed by atoms with Crippen molar-refractivity contribution in [3.05, 3.63) is 117 Å². The summed E-state index contributed by atoms with van der Waals surface area (Å²) in [4.78, 5) is 12.0. The standard InChI is InChI=1S/C29H16F7NO5S/c1-13-8-22(38)18-10-16(43(39,40)42-29-27(35)25(33)24(32)26(34)28(29)36)6-7-20(18)37(13)21-12-19(31)17(11-23(21)41-2)14-4-3-5-15(30)9-14/h3-12H,1-2H3. The van der Waals surface area contributed by atoms with Gasteiger partial charge < -0.3 is 13.5 Å². The zero-order chi connectivity index (χ0) is 31.4. The smallest absolute Gasteiger partial charge is 0.339 e. The molecule has 0 saturated carbocycles. The Morgan fingerprint density at radius 2 is 1.42 bits per heavy atom. The van der Waals surface area contributed by atoms with Crippen molar-refractivity contribution in [2.24, 2.45) is 0 Å². The number of fused-ring (bicyclic) bond motifs is 1. The summed E-state index contributed by atoms with van der Waals surface area (Å²) in [5, 5.41) is -0.302. The lowest BCUT2D eigenvalue weighted by Crippen LogP contribution is -2.16. The van der Waals surface area contributed by atoms with E-state index in [1.54, 1.807) is 0 Å². The Bertz CT molecular complexity index is 2100. The van der Waals surface area contributed by atoms with E-state index in [9.17, 15) is 39.6 Å². The maximum atomic E-state index is 15.4. The van der Waals surface area contributed by atoms with Gasteiger partial charge in [-0.1, -0.05) is 12.1 Å². The summed E-state index contributed by atoms with van der Waals surface area (Å²) in [6, 6.07) is 11.3. The highest BCUT2D eigenvalue weighted by atomic mass is 32.2. The highest BCUT2D eigenvalue weighted by Crippen LogP contribution is 2.36. The fourth-order valence-corrected chi connectivity index (χ4v) is 5.44. The number of benzene rings is 4. The van der Waals surface area contributed by atoms with E-state index in [4.69, 9.17) is 4.74 Å². The lowest BCUT2D eigenvalue weighted by atomic mass is 10.0. The monoisotopic (exact) mass is 623 g/mol. The third-order valence-corrected chi connectivity index (χ3v) is 7.68. The highest BCUT2D eigenvalue weighted by molar-refractivity contribution is 7.87. The van der Waals surface area contributed by atoms with E-state index >= 15 is 4.39 Å². The molecule has 0 fully saturated rings. The number of halogens is 7. The number of hydrogen-bond donors (Lipinski definition) is 0. The van der Waals surface area contributed by atoms with E-state index in [1.807, 2.05) is 0 Å². The summed E-state index contributed by atoms with van der Waals surface area (Å²) in [5.41, 5.74) is -0.170. The van der Waals surface area contributed by atoms with Crippen LogP contribution in [0.15, 0.2) is 70.4 Å². The normalized spacial score (nSPS) is 11.7. The van der Waals surface area contributed by atoms with Gasteiger partial charge in [0.1, 0.15) is 22.3 Å². The van der Waals surface area contributed by atoms with Crippen LogP contribution in [0.4, 0.5) is 30.7 Å². The van der Waals surface area contributed by atoms with Crippen molar-refractivity contribution in [2.75, 3.05) is 7.11 Å². The number of ether oxygens (including phenoxy) is 1. The Labute approximate surface area is 238 Å². The zero-order valence-electron chi connectivity index (χ0n) is 21.8. The van der Waals surface area contributed by atoms with Crippen molar-refractivity contribution in [1.82, 2.24) is 4.57 Å². The number of rotatable bonds is 6. The van der Waals surface area contributed by atoms with Crippen LogP contribution in [0.25, 0.3) is 27.7 Å². The van der Waals surface area contributed by atoms with Gasteiger partial charge in [-0.05, 0) is 48.9 Å². The molecule has 0 aliphatic rings. The molecule has 1 aromatic heterocycles. The molecular formula is C29H16F7NO5S. The van der Waals surface area contributed by atoms with Crippen molar-refractivity contribution in [1.29, 1.82) is 0 Å². The van der Waals surface area contributed by atoms with Crippen molar-refractivity contribution in [3.63, 3.8) is 0 Å². The van der Waals surface area contributed by atoms with Crippen molar-refractivity contribution in [3.8, 4) is 28.3 Å². The van der Waals surface area contributed by atoms with Gasteiger partial charge in [-0.15, -0.1) is 0 Å². The molecule has 43 heavy (non-hydrogen) atoms. The first-order valence-electron chi connectivity index (χ1n) is 12.0. The van der Waals surface area contributed by atoms with Gasteiger partial charge in [0.05, 0.1) is 18.3 Å². The SMILES string of the molecule is COc1cc(-c2cccc(F)c2)c(F)cc1-n1c(C)cc(=O)c2cc(S(=O)(=O)Oc3c(F)c(F)c(F)c(F)c3F)ccc21. The molecule has 0 unspecified atom stereocenters. The van der Waals surface area contributed by atoms with Gasteiger partial charge in [-0.3, -0.25) is 4.79 Å². The second-order valence-corrected chi connectivity index (χ2v) is 10.7. The highest BCUT2D eigenvalue weighted by Gasteiger charge is 2.31. The number of pyridine rings is 1. The average molecular weight is 624 g/mol. The number of aromatic nitrogens is 1. The molecule has 0 saturated heterocycles. The van der Waals surface area contributed by atoms with Gasteiger partial charge in [0.15, 0.2) is 5.43 Å². The van der Waals surface area contributed by atoms with Gasteiger partial charge in [0, 0.05) is 28.8 Å². The maximum absolute atomic E-state index is 15.4. The fourth-order valence-electron chi connectivity index (χ4n) is 4.48. The molecule has 222 valence electrons. The first-order chi connectivity index (χ1) is 20.2. The van der Waals surface area contributed by atoms with E-state index in [2.05, 4.69) is 4.18 Å². The van der Waals surface area contributed by atoms with Crippen LogP contribution in [0.1, 0.15) is 5.69 Å². The summed E-state index contributed by atoms with van der Waals surface area (Å²) >= 11 is 0. The third-order valence-electron chi connectivity index (χ3n) is 6.46. The third kappa shape index (κ3) is 5.07. The number of aryl methyl sites for hydroxylation is 1. The van der Waals surface area contributed by atoms with Crippen LogP contribution in [0.2, 0.25) is 0 Å². The van der Waals surface area contributed by atoms with E-state index in [1.165, 1.54) is 42.9 Å². The van der Waals surface area contributed by atoms with Crippen molar-refractivity contribution in [2.45, 2.75) is 11.8 Å². The summed E-state index contributed by atoms with van der Waals surface area (Å²) in [6.45, 7) is 1.50. The molecule has 6 nitrogen and oxygen atoms in total. The first-order valence-corrected chi connectivity index (χ1v) is 13.4.